The van der Waals surface area contributed by atoms with E-state index in [1.165, 1.54) is 30.5 Å². The van der Waals surface area contributed by atoms with Crippen LogP contribution in [-0.4, -0.2) is 5.71 Å². The molecule has 0 aliphatic heterocycles. The van der Waals surface area contributed by atoms with Crippen molar-refractivity contribution in [2.75, 3.05) is 0 Å². The van der Waals surface area contributed by atoms with Crippen LogP contribution < -0.4 is 0 Å². The molecule has 0 saturated heterocycles. The molecular weight excluding hydrogens is 254 g/mol. The highest BCUT2D eigenvalue weighted by Gasteiger charge is 2.83. The van der Waals surface area contributed by atoms with Gasteiger partial charge < -0.3 is 0 Å². The second-order valence-electron chi connectivity index (χ2n) is 6.75. The molecule has 0 aromatic heterocycles. The van der Waals surface area contributed by atoms with Gasteiger partial charge in [0.15, 0.2) is 0 Å². The summed E-state index contributed by atoms with van der Waals surface area (Å²) in [7, 11) is 0. The highest BCUT2D eigenvalue weighted by atomic mass is 14.9. The second-order valence-corrected chi connectivity index (χ2v) is 6.75. The zero-order valence-corrected chi connectivity index (χ0v) is 14.0. The summed E-state index contributed by atoms with van der Waals surface area (Å²) in [5.74, 6) is 0.596. The number of fused-ring (bicyclic) bond motifs is 1. The van der Waals surface area contributed by atoms with Crippen molar-refractivity contribution >= 4 is 5.71 Å². The zero-order valence-electron chi connectivity index (χ0n) is 14.0. The van der Waals surface area contributed by atoms with Gasteiger partial charge in [0.05, 0.1) is 0 Å². The number of hydrogen-bond acceptors (Lipinski definition) is 1. The molecule has 0 heterocycles. The molecule has 0 spiro atoms. The third kappa shape index (κ3) is 2.97. The Labute approximate surface area is 130 Å². The molecule has 2 rings (SSSR count). The van der Waals surface area contributed by atoms with Crippen LogP contribution >= 0.6 is 0 Å². The molecule has 2 saturated carbocycles. The number of aliphatic imine (C=N–C) groups is 1. The van der Waals surface area contributed by atoms with Crippen LogP contribution in [-0.2, 0) is 0 Å². The van der Waals surface area contributed by atoms with Gasteiger partial charge in [-0.1, -0.05) is 37.3 Å². The molecule has 114 valence electrons. The van der Waals surface area contributed by atoms with E-state index >= 15 is 0 Å². The summed E-state index contributed by atoms with van der Waals surface area (Å²) in [5.41, 5.74) is 3.71. The summed E-state index contributed by atoms with van der Waals surface area (Å²) >= 11 is 0. The van der Waals surface area contributed by atoms with Crippen molar-refractivity contribution in [3.63, 3.8) is 0 Å². The number of allylic oxidation sites excluding steroid dienone is 6. The molecule has 1 nitrogen and oxygen atoms in total. The van der Waals surface area contributed by atoms with E-state index in [2.05, 4.69) is 45.6 Å². The lowest BCUT2D eigenvalue weighted by molar-refractivity contribution is 0.497. The Morgan fingerprint density at radius 3 is 2.52 bits per heavy atom. The van der Waals surface area contributed by atoms with Crippen molar-refractivity contribution in [1.29, 1.82) is 0 Å². The number of rotatable bonds is 8. The molecular formula is C20H29N. The van der Waals surface area contributed by atoms with Gasteiger partial charge in [0, 0.05) is 17.8 Å². The molecule has 21 heavy (non-hydrogen) atoms. The van der Waals surface area contributed by atoms with Gasteiger partial charge in [-0.15, -0.1) is 6.58 Å². The number of nitrogens with zero attached hydrogens (tertiary/aromatic N) is 1. The van der Waals surface area contributed by atoms with E-state index in [9.17, 15) is 0 Å². The predicted molar refractivity (Wildman–Crippen MR) is 93.5 cm³/mol. The molecule has 1 unspecified atom stereocenters. The molecule has 2 aliphatic carbocycles. The molecule has 1 heteroatoms. The van der Waals surface area contributed by atoms with Crippen molar-refractivity contribution in [3.8, 4) is 0 Å². The molecule has 0 aromatic carbocycles. The Morgan fingerprint density at radius 1 is 1.29 bits per heavy atom. The second kappa shape index (κ2) is 6.17. The van der Waals surface area contributed by atoms with Crippen molar-refractivity contribution in [1.82, 2.24) is 0 Å². The Morgan fingerprint density at radius 2 is 2.00 bits per heavy atom. The molecule has 0 bridgehead atoms. The summed E-state index contributed by atoms with van der Waals surface area (Å²) in [6.07, 6.45) is 17.5. The third-order valence-electron chi connectivity index (χ3n) is 5.50. The number of hydrogen-bond donors (Lipinski definition) is 0. The van der Waals surface area contributed by atoms with Gasteiger partial charge in [-0.25, -0.2) is 0 Å². The van der Waals surface area contributed by atoms with Crippen LogP contribution in [0.25, 0.3) is 0 Å². The summed E-state index contributed by atoms with van der Waals surface area (Å²) in [6.45, 7) is 12.6. The van der Waals surface area contributed by atoms with Gasteiger partial charge in [0.1, 0.15) is 0 Å². The smallest absolute Gasteiger partial charge is 0.0296 e. The average Bonchev–Trinajstić information content (AvgIpc) is 3.29. The highest BCUT2D eigenvalue weighted by Crippen LogP contribution is 2.90. The van der Waals surface area contributed by atoms with Crippen LogP contribution in [0.3, 0.4) is 0 Å². The van der Waals surface area contributed by atoms with E-state index in [-0.39, 0.29) is 0 Å². The quantitative estimate of drug-likeness (QED) is 0.300. The van der Waals surface area contributed by atoms with Gasteiger partial charge in [-0.05, 0) is 62.9 Å². The van der Waals surface area contributed by atoms with Crippen LogP contribution in [0.15, 0.2) is 53.7 Å². The van der Waals surface area contributed by atoms with E-state index in [4.69, 9.17) is 4.99 Å². The van der Waals surface area contributed by atoms with Crippen LogP contribution in [0.4, 0.5) is 0 Å². The van der Waals surface area contributed by atoms with Crippen molar-refractivity contribution in [2.45, 2.75) is 53.4 Å². The van der Waals surface area contributed by atoms with Crippen LogP contribution in [0.5, 0.6) is 0 Å². The minimum Gasteiger partial charge on any atom is -0.265 e. The first-order chi connectivity index (χ1) is 10.0. The predicted octanol–water partition coefficient (Wildman–Crippen LogP) is 5.87. The van der Waals surface area contributed by atoms with E-state index < -0.39 is 0 Å². The topological polar surface area (TPSA) is 12.4 Å². The van der Waals surface area contributed by atoms with E-state index in [0.717, 1.165) is 6.42 Å². The largest absolute Gasteiger partial charge is 0.265 e. The van der Waals surface area contributed by atoms with E-state index in [1.54, 1.807) is 0 Å². The Hall–Kier alpha value is -1.37. The first-order valence-electron chi connectivity index (χ1n) is 8.16. The third-order valence-corrected chi connectivity index (χ3v) is 5.50. The maximum atomic E-state index is 4.75. The first kappa shape index (κ1) is 16.0. The van der Waals surface area contributed by atoms with Crippen LogP contribution in [0, 0.1) is 16.7 Å². The van der Waals surface area contributed by atoms with Crippen molar-refractivity contribution in [3.05, 3.63) is 48.7 Å². The fraction of sp³-hybridized carbons (Fsp3) is 0.550. The SMILES string of the molecule is C=CCC(C(C)=N/C=C(C)/C=C\C=C/C)C12CC1(CC)C2. The molecule has 0 amide bonds. The molecule has 0 aromatic rings. The lowest BCUT2D eigenvalue weighted by atomic mass is 9.88. The maximum absolute atomic E-state index is 4.75. The monoisotopic (exact) mass is 283 g/mol. The van der Waals surface area contributed by atoms with E-state index in [1.807, 2.05) is 25.3 Å². The first-order valence-corrected chi connectivity index (χ1v) is 8.16. The zero-order chi connectivity index (χ0) is 15.5. The minimum atomic E-state index is 0.575. The van der Waals surface area contributed by atoms with E-state index in [0.29, 0.717) is 16.7 Å². The van der Waals surface area contributed by atoms with Crippen LogP contribution in [0.1, 0.15) is 53.4 Å². The Balaban J connectivity index is 2.06. The van der Waals surface area contributed by atoms with Crippen molar-refractivity contribution in [2.24, 2.45) is 21.7 Å². The Kier molecular flexibility index (Phi) is 4.70. The van der Waals surface area contributed by atoms with Gasteiger partial charge >= 0.3 is 0 Å². The molecule has 1 atom stereocenters. The average molecular weight is 283 g/mol. The van der Waals surface area contributed by atoms with Gasteiger partial charge in [-0.2, -0.15) is 0 Å². The molecule has 0 N–H and O–H groups in total. The Bertz CT molecular complexity index is 510. The molecule has 0 radical (unpaired) electrons. The molecule has 2 fully saturated rings. The maximum Gasteiger partial charge on any atom is 0.0296 e. The molecule has 2 aliphatic rings. The lowest BCUT2D eigenvalue weighted by Gasteiger charge is -2.17. The summed E-state index contributed by atoms with van der Waals surface area (Å²) < 4.78 is 0. The summed E-state index contributed by atoms with van der Waals surface area (Å²) in [4.78, 5) is 4.75. The lowest BCUT2D eigenvalue weighted by Crippen LogP contribution is -2.17. The summed E-state index contributed by atoms with van der Waals surface area (Å²) in [5, 5.41) is 0. The van der Waals surface area contributed by atoms with Gasteiger partial charge in [0.25, 0.3) is 0 Å². The fourth-order valence-corrected chi connectivity index (χ4v) is 3.90. The normalized spacial score (nSPS) is 33.3. The summed E-state index contributed by atoms with van der Waals surface area (Å²) in [6, 6.07) is 0. The van der Waals surface area contributed by atoms with Crippen LogP contribution in [0.2, 0.25) is 0 Å². The minimum absolute atomic E-state index is 0.575. The fourth-order valence-electron chi connectivity index (χ4n) is 3.90. The van der Waals surface area contributed by atoms with Gasteiger partial charge in [-0.3, -0.25) is 4.99 Å². The standard InChI is InChI=1S/C20H29N/c1-6-9-10-12-16(4)13-21-17(5)18(11-7-2)20-14-19(20,8-3)15-20/h6-7,9-10,12-13,18H,2,8,11,14-15H2,1,3-5H3/b9-6-,12-10-,16-13+,21-17?. The van der Waals surface area contributed by atoms with Crippen molar-refractivity contribution < 1.29 is 0 Å². The highest BCUT2D eigenvalue weighted by molar-refractivity contribution is 5.87. The van der Waals surface area contributed by atoms with Gasteiger partial charge in [0.2, 0.25) is 0 Å².